The maximum Gasteiger partial charge on any atom is 0.293 e. The smallest absolute Gasteiger partial charge is 0.293 e. The highest BCUT2D eigenvalue weighted by molar-refractivity contribution is 6.03. The molecule has 0 aliphatic carbocycles. The molecule has 2 aromatic carbocycles. The maximum absolute atomic E-state index is 13.0. The third kappa shape index (κ3) is 9.44. The summed E-state index contributed by atoms with van der Waals surface area (Å²) in [5.41, 5.74) is 6.01. The number of carbonyl (C=O) groups excluding carboxylic acids is 3. The Bertz CT molecular complexity index is 1620. The molecule has 10 nitrogen and oxygen atoms in total. The molecule has 2 N–H and O–H groups in total. The molecular weight excluding hydrogens is 580 g/mol. The van der Waals surface area contributed by atoms with E-state index in [1.807, 2.05) is 56.9 Å². The second-order valence-corrected chi connectivity index (χ2v) is 11.7. The topological polar surface area (TPSA) is 126 Å². The van der Waals surface area contributed by atoms with E-state index in [1.165, 1.54) is 4.57 Å². The number of rotatable bonds is 10. The van der Waals surface area contributed by atoms with Gasteiger partial charge in [0.2, 0.25) is 0 Å². The second kappa shape index (κ2) is 17.4. The van der Waals surface area contributed by atoms with Crippen LogP contribution >= 0.6 is 0 Å². The van der Waals surface area contributed by atoms with E-state index in [1.54, 1.807) is 25.5 Å². The molecule has 4 rings (SSSR count). The summed E-state index contributed by atoms with van der Waals surface area (Å²) in [6.45, 7) is 18.6. The Kier molecular flexibility index (Phi) is 14.0. The molecule has 0 aliphatic rings. The summed E-state index contributed by atoms with van der Waals surface area (Å²) in [5, 5.41) is 6.21. The highest BCUT2D eigenvalue weighted by Crippen LogP contribution is 2.29. The molecule has 1 amide bonds. The van der Waals surface area contributed by atoms with Crippen LogP contribution in [0.3, 0.4) is 0 Å². The molecule has 0 saturated heterocycles. The van der Waals surface area contributed by atoms with Crippen molar-refractivity contribution in [2.75, 3.05) is 28.6 Å². The van der Waals surface area contributed by atoms with Crippen molar-refractivity contribution >= 4 is 42.4 Å². The van der Waals surface area contributed by atoms with Crippen molar-refractivity contribution in [1.82, 2.24) is 14.5 Å². The van der Waals surface area contributed by atoms with Crippen LogP contribution < -0.4 is 21.1 Å². The number of carbonyl (C=O) groups is 3. The summed E-state index contributed by atoms with van der Waals surface area (Å²) in [4.78, 5) is 53.5. The number of hydrogen-bond acceptors (Lipinski definition) is 8. The minimum absolute atomic E-state index is 0.0443. The molecule has 4 aromatic rings. The highest BCUT2D eigenvalue weighted by Gasteiger charge is 2.17. The Labute approximate surface area is 271 Å². The van der Waals surface area contributed by atoms with Gasteiger partial charge in [0.1, 0.15) is 19.3 Å². The minimum atomic E-state index is -0.286. The molecule has 0 atom stereocenters. The van der Waals surface area contributed by atoms with Crippen molar-refractivity contribution in [3.63, 3.8) is 0 Å². The number of hydrogen-bond donors (Lipinski definition) is 2. The van der Waals surface area contributed by atoms with Crippen LogP contribution in [-0.4, -0.2) is 47.1 Å². The van der Waals surface area contributed by atoms with Crippen LogP contribution in [0.25, 0.3) is 11.3 Å². The van der Waals surface area contributed by atoms with Gasteiger partial charge in [-0.05, 0) is 72.7 Å². The predicted molar refractivity (Wildman–Crippen MR) is 187 cm³/mol. The van der Waals surface area contributed by atoms with E-state index in [4.69, 9.17) is 14.6 Å². The van der Waals surface area contributed by atoms with Crippen LogP contribution in [0.5, 0.6) is 0 Å². The molecule has 0 fully saturated rings. The summed E-state index contributed by atoms with van der Waals surface area (Å²) in [6.07, 6.45) is 5.63. The van der Waals surface area contributed by atoms with E-state index in [2.05, 4.69) is 67.3 Å². The van der Waals surface area contributed by atoms with E-state index in [9.17, 15) is 9.59 Å². The molecule has 244 valence electrons. The maximum atomic E-state index is 13.0. The fourth-order valence-electron chi connectivity index (χ4n) is 4.83. The van der Waals surface area contributed by atoms with Gasteiger partial charge >= 0.3 is 0 Å². The molecular formula is C36H46N6O4. The first kappa shape index (κ1) is 37.1. The third-order valence-electron chi connectivity index (χ3n) is 7.27. The standard InChI is InChI=1S/C34H42N6O2.2CH2O/c1-8-19-40(20-9-2)26-16-14-25(15-17-26)36-31-33(42)39(7)22-30(37-31)27-11-10-12-28(23(27)3)38-32(41)29-18-13-24(21-35-29)34(4,5)6;2*1-2/h10-18,21-22H,8-9,19-20H2,1-7H3,(H,36,37)(H,38,41);2*1H2. The summed E-state index contributed by atoms with van der Waals surface area (Å²) >= 11 is 0. The molecule has 0 unspecified atom stereocenters. The van der Waals surface area contributed by atoms with Gasteiger partial charge in [-0.2, -0.15) is 0 Å². The first-order valence-electron chi connectivity index (χ1n) is 15.2. The number of aryl methyl sites for hydroxylation is 1. The molecule has 2 heterocycles. The number of benzene rings is 2. The first-order valence-corrected chi connectivity index (χ1v) is 15.2. The first-order chi connectivity index (χ1) is 22.0. The van der Waals surface area contributed by atoms with Crippen LogP contribution in [0.4, 0.5) is 22.9 Å². The molecule has 46 heavy (non-hydrogen) atoms. The molecule has 10 heteroatoms. The van der Waals surface area contributed by atoms with Crippen LogP contribution in [0, 0.1) is 6.92 Å². The SMILES string of the molecule is C=O.C=O.CCCN(CCC)c1ccc(Nc2nc(-c3cccc(NC(=O)c4ccc(C(C)(C)C)cn4)c3C)cn(C)c2=O)cc1. The van der Waals surface area contributed by atoms with Crippen LogP contribution in [0.2, 0.25) is 0 Å². The van der Waals surface area contributed by atoms with E-state index in [0.29, 0.717) is 17.1 Å². The average Bonchev–Trinajstić information content (AvgIpc) is 3.06. The molecule has 0 spiro atoms. The van der Waals surface area contributed by atoms with Crippen molar-refractivity contribution in [2.24, 2.45) is 7.05 Å². The van der Waals surface area contributed by atoms with Gasteiger partial charge < -0.3 is 29.7 Å². The Morgan fingerprint density at radius 2 is 1.57 bits per heavy atom. The van der Waals surface area contributed by atoms with Crippen molar-refractivity contribution in [3.8, 4) is 11.3 Å². The number of nitrogens with one attached hydrogen (secondary N) is 2. The van der Waals surface area contributed by atoms with Gasteiger partial charge in [-0.3, -0.25) is 14.6 Å². The van der Waals surface area contributed by atoms with Crippen LogP contribution in [0.1, 0.15) is 69.1 Å². The fourth-order valence-corrected chi connectivity index (χ4v) is 4.83. The number of pyridine rings is 1. The molecule has 0 radical (unpaired) electrons. The van der Waals surface area contributed by atoms with E-state index < -0.39 is 0 Å². The third-order valence-corrected chi connectivity index (χ3v) is 7.27. The average molecular weight is 627 g/mol. The lowest BCUT2D eigenvalue weighted by Gasteiger charge is -2.24. The molecule has 0 saturated carbocycles. The van der Waals surface area contributed by atoms with E-state index in [0.717, 1.165) is 54.0 Å². The number of anilines is 4. The zero-order valence-corrected chi connectivity index (χ0v) is 28.0. The number of nitrogens with zero attached hydrogens (tertiary/aromatic N) is 4. The Morgan fingerprint density at radius 1 is 0.935 bits per heavy atom. The van der Waals surface area contributed by atoms with Crippen molar-refractivity contribution in [1.29, 1.82) is 0 Å². The largest absolute Gasteiger partial charge is 0.372 e. The van der Waals surface area contributed by atoms with Crippen molar-refractivity contribution in [2.45, 2.75) is 59.8 Å². The predicted octanol–water partition coefficient (Wildman–Crippen LogP) is 6.70. The Hall–Kier alpha value is -5.12. The normalized spacial score (nSPS) is 10.5. The highest BCUT2D eigenvalue weighted by atomic mass is 16.2. The molecule has 2 aromatic heterocycles. The molecule has 0 aliphatic heterocycles. The van der Waals surface area contributed by atoms with Gasteiger partial charge in [-0.15, -0.1) is 0 Å². The van der Waals surface area contributed by atoms with Gasteiger partial charge in [0.15, 0.2) is 5.82 Å². The van der Waals surface area contributed by atoms with Crippen molar-refractivity contribution in [3.05, 3.63) is 94.2 Å². The zero-order valence-electron chi connectivity index (χ0n) is 28.0. The lowest BCUT2D eigenvalue weighted by Crippen LogP contribution is -2.24. The minimum Gasteiger partial charge on any atom is -0.372 e. The zero-order chi connectivity index (χ0) is 34.4. The Balaban J connectivity index is 0.00000177. The lowest BCUT2D eigenvalue weighted by molar-refractivity contribution is -0.0987. The summed E-state index contributed by atoms with van der Waals surface area (Å²) in [6, 6.07) is 17.4. The monoisotopic (exact) mass is 626 g/mol. The second-order valence-electron chi connectivity index (χ2n) is 11.7. The van der Waals surface area contributed by atoms with Gasteiger partial charge in [0, 0.05) is 55.2 Å². The van der Waals surface area contributed by atoms with E-state index in [-0.39, 0.29) is 22.7 Å². The van der Waals surface area contributed by atoms with Gasteiger partial charge in [0.25, 0.3) is 11.5 Å². The summed E-state index contributed by atoms with van der Waals surface area (Å²) in [7, 11) is 1.71. The van der Waals surface area contributed by atoms with Gasteiger partial charge in [-0.1, -0.05) is 52.8 Å². The van der Waals surface area contributed by atoms with Gasteiger partial charge in [-0.25, -0.2) is 4.98 Å². The number of aromatic nitrogens is 3. The number of amides is 1. The summed E-state index contributed by atoms with van der Waals surface area (Å²) < 4.78 is 1.52. The Morgan fingerprint density at radius 3 is 2.11 bits per heavy atom. The quantitative estimate of drug-likeness (QED) is 0.199. The van der Waals surface area contributed by atoms with E-state index >= 15 is 0 Å². The molecule has 0 bridgehead atoms. The van der Waals surface area contributed by atoms with Crippen LogP contribution in [0.15, 0.2) is 71.8 Å². The van der Waals surface area contributed by atoms with Gasteiger partial charge in [0.05, 0.1) is 5.69 Å². The van der Waals surface area contributed by atoms with Crippen molar-refractivity contribution < 1.29 is 14.4 Å². The summed E-state index contributed by atoms with van der Waals surface area (Å²) in [5.74, 6) is -0.0509. The van der Waals surface area contributed by atoms with Crippen LogP contribution in [-0.2, 0) is 22.1 Å². The lowest BCUT2D eigenvalue weighted by atomic mass is 9.88. The fraction of sp³-hybridized carbons (Fsp3) is 0.333.